The lowest BCUT2D eigenvalue weighted by atomic mass is 10.1. The van der Waals surface area contributed by atoms with Gasteiger partial charge in [0, 0.05) is 11.6 Å². The lowest BCUT2D eigenvalue weighted by molar-refractivity contribution is -0.149. The molecule has 1 aromatic rings. The van der Waals surface area contributed by atoms with Crippen LogP contribution < -0.4 is 0 Å². The fourth-order valence-electron chi connectivity index (χ4n) is 1.31. The van der Waals surface area contributed by atoms with Crippen LogP contribution in [0.1, 0.15) is 12.5 Å². The van der Waals surface area contributed by atoms with E-state index in [1.807, 2.05) is 31.1 Å². The molecule has 0 amide bonds. The molecule has 1 aromatic carbocycles. The highest BCUT2D eigenvalue weighted by Crippen LogP contribution is 2.10. The Bertz CT molecular complexity index is 462. The quantitative estimate of drug-likeness (QED) is 0.437. The normalized spacial score (nSPS) is 11.0. The molecular weight excluding hydrogens is 315 g/mol. The van der Waals surface area contributed by atoms with Crippen LogP contribution in [0.15, 0.2) is 29.4 Å². The molecule has 0 aliphatic heterocycles. The third-order valence-electron chi connectivity index (χ3n) is 2.45. The molecule has 118 valence electrons. The number of likely N-dealkylation sites (N-methyl/N-ethyl adjacent to an activating group) is 1. The van der Waals surface area contributed by atoms with Gasteiger partial charge in [-0.2, -0.15) is 0 Å². The predicted molar refractivity (Wildman–Crippen MR) is 86.4 cm³/mol. The van der Waals surface area contributed by atoms with Crippen molar-refractivity contribution >= 4 is 35.7 Å². The second kappa shape index (κ2) is 10.4. The third-order valence-corrected chi connectivity index (χ3v) is 2.70. The SMILES string of the molecule is CC(=NOCC(=O)OCCN(C)C)c1ccc(Cl)cc1.Cl. The van der Waals surface area contributed by atoms with Gasteiger partial charge in [-0.15, -0.1) is 12.4 Å². The van der Waals surface area contributed by atoms with E-state index in [9.17, 15) is 4.79 Å². The standard InChI is InChI=1S/C14H19ClN2O3.ClH/c1-11(12-4-6-13(15)7-5-12)16-20-10-14(18)19-9-8-17(2)3;/h4-7H,8-10H2,1-3H3;1H. The number of carbonyl (C=O) groups excluding carboxylic acids is 1. The second-order valence-electron chi connectivity index (χ2n) is 4.48. The van der Waals surface area contributed by atoms with Crippen LogP contribution in [0.25, 0.3) is 0 Å². The van der Waals surface area contributed by atoms with Crippen molar-refractivity contribution in [3.05, 3.63) is 34.9 Å². The number of halogens is 2. The topological polar surface area (TPSA) is 51.1 Å². The second-order valence-corrected chi connectivity index (χ2v) is 4.92. The lowest BCUT2D eigenvalue weighted by Gasteiger charge is -2.09. The Kier molecular flexibility index (Phi) is 9.78. The van der Waals surface area contributed by atoms with Crippen molar-refractivity contribution in [1.82, 2.24) is 4.90 Å². The third kappa shape index (κ3) is 8.55. The zero-order chi connectivity index (χ0) is 15.0. The number of oxime groups is 1. The summed E-state index contributed by atoms with van der Waals surface area (Å²) in [7, 11) is 3.81. The largest absolute Gasteiger partial charge is 0.462 e. The van der Waals surface area contributed by atoms with Crippen LogP contribution in [0, 0.1) is 0 Å². The molecule has 0 saturated carbocycles. The summed E-state index contributed by atoms with van der Waals surface area (Å²) in [5, 5.41) is 4.53. The molecule has 0 saturated heterocycles. The first-order valence-corrected chi connectivity index (χ1v) is 6.59. The van der Waals surface area contributed by atoms with Gasteiger partial charge in [0.1, 0.15) is 6.61 Å². The fraction of sp³-hybridized carbons (Fsp3) is 0.429. The molecule has 1 rings (SSSR count). The number of nitrogens with zero attached hydrogens (tertiary/aromatic N) is 2. The molecule has 0 aliphatic carbocycles. The predicted octanol–water partition coefficient (Wildman–Crippen LogP) is 2.61. The van der Waals surface area contributed by atoms with E-state index in [2.05, 4.69) is 5.16 Å². The first kappa shape index (κ1) is 19.7. The first-order chi connectivity index (χ1) is 9.49. The van der Waals surface area contributed by atoms with E-state index in [0.717, 1.165) is 5.56 Å². The zero-order valence-corrected chi connectivity index (χ0v) is 13.9. The Hall–Kier alpha value is -1.30. The summed E-state index contributed by atoms with van der Waals surface area (Å²) in [5.41, 5.74) is 1.55. The fourth-order valence-corrected chi connectivity index (χ4v) is 1.44. The van der Waals surface area contributed by atoms with Crippen LogP contribution >= 0.6 is 24.0 Å². The molecule has 0 radical (unpaired) electrons. The Morgan fingerprint density at radius 3 is 2.48 bits per heavy atom. The summed E-state index contributed by atoms with van der Waals surface area (Å²) in [6.45, 7) is 2.62. The van der Waals surface area contributed by atoms with E-state index in [0.29, 0.717) is 23.9 Å². The van der Waals surface area contributed by atoms with E-state index in [4.69, 9.17) is 21.2 Å². The van der Waals surface area contributed by atoms with Crippen LogP contribution in [-0.4, -0.2) is 50.4 Å². The van der Waals surface area contributed by atoms with Gasteiger partial charge in [-0.3, -0.25) is 0 Å². The molecule has 0 bridgehead atoms. The molecule has 7 heteroatoms. The van der Waals surface area contributed by atoms with Gasteiger partial charge in [0.2, 0.25) is 6.61 Å². The molecule has 21 heavy (non-hydrogen) atoms. The maximum absolute atomic E-state index is 11.3. The minimum absolute atomic E-state index is 0. The van der Waals surface area contributed by atoms with Crippen LogP contribution in [0.3, 0.4) is 0 Å². The van der Waals surface area contributed by atoms with Crippen LogP contribution in [-0.2, 0) is 14.4 Å². The van der Waals surface area contributed by atoms with E-state index in [-0.39, 0.29) is 19.0 Å². The molecule has 0 atom stereocenters. The maximum Gasteiger partial charge on any atom is 0.347 e. The maximum atomic E-state index is 11.3. The highest BCUT2D eigenvalue weighted by Gasteiger charge is 2.04. The highest BCUT2D eigenvalue weighted by atomic mass is 35.5. The van der Waals surface area contributed by atoms with Crippen molar-refractivity contribution in [3.63, 3.8) is 0 Å². The van der Waals surface area contributed by atoms with Crippen LogP contribution in [0.5, 0.6) is 0 Å². The Balaban J connectivity index is 0.00000400. The number of ether oxygens (including phenoxy) is 1. The molecule has 5 nitrogen and oxygen atoms in total. The number of rotatable bonds is 7. The lowest BCUT2D eigenvalue weighted by Crippen LogP contribution is -2.21. The van der Waals surface area contributed by atoms with Crippen LogP contribution in [0.4, 0.5) is 0 Å². The minimum Gasteiger partial charge on any atom is -0.462 e. The molecular formula is C14H20Cl2N2O3. The van der Waals surface area contributed by atoms with Gasteiger partial charge in [-0.25, -0.2) is 4.79 Å². The van der Waals surface area contributed by atoms with E-state index < -0.39 is 5.97 Å². The van der Waals surface area contributed by atoms with Gasteiger partial charge < -0.3 is 14.5 Å². The van der Waals surface area contributed by atoms with Crippen molar-refractivity contribution in [1.29, 1.82) is 0 Å². The van der Waals surface area contributed by atoms with Gasteiger partial charge >= 0.3 is 5.97 Å². The Labute approximate surface area is 136 Å². The van der Waals surface area contributed by atoms with Crippen molar-refractivity contribution in [2.45, 2.75) is 6.92 Å². The average molecular weight is 335 g/mol. The molecule has 0 aromatic heterocycles. The number of esters is 1. The Morgan fingerprint density at radius 2 is 1.90 bits per heavy atom. The Morgan fingerprint density at radius 1 is 1.29 bits per heavy atom. The van der Waals surface area contributed by atoms with Gasteiger partial charge in [-0.1, -0.05) is 28.9 Å². The van der Waals surface area contributed by atoms with Gasteiger partial charge in [0.25, 0.3) is 0 Å². The van der Waals surface area contributed by atoms with Gasteiger partial charge in [0.05, 0.1) is 5.71 Å². The van der Waals surface area contributed by atoms with Crippen molar-refractivity contribution in [2.75, 3.05) is 33.9 Å². The zero-order valence-electron chi connectivity index (χ0n) is 12.3. The van der Waals surface area contributed by atoms with Crippen LogP contribution in [0.2, 0.25) is 5.02 Å². The average Bonchev–Trinajstić information content (AvgIpc) is 2.39. The smallest absolute Gasteiger partial charge is 0.347 e. The van der Waals surface area contributed by atoms with E-state index in [1.54, 1.807) is 19.1 Å². The summed E-state index contributed by atoms with van der Waals surface area (Å²) in [5.74, 6) is -0.431. The number of carbonyl (C=O) groups is 1. The molecule has 0 heterocycles. The van der Waals surface area contributed by atoms with Gasteiger partial charge in [0.15, 0.2) is 0 Å². The summed E-state index contributed by atoms with van der Waals surface area (Å²) in [6.07, 6.45) is 0. The summed E-state index contributed by atoms with van der Waals surface area (Å²) in [6, 6.07) is 7.21. The molecule has 0 unspecified atom stereocenters. The molecule has 0 spiro atoms. The molecule has 0 fully saturated rings. The van der Waals surface area contributed by atoms with E-state index in [1.165, 1.54) is 0 Å². The molecule has 0 N–H and O–H groups in total. The van der Waals surface area contributed by atoms with Crippen molar-refractivity contribution in [3.8, 4) is 0 Å². The first-order valence-electron chi connectivity index (χ1n) is 6.22. The minimum atomic E-state index is -0.431. The monoisotopic (exact) mass is 334 g/mol. The van der Waals surface area contributed by atoms with E-state index >= 15 is 0 Å². The van der Waals surface area contributed by atoms with Gasteiger partial charge in [-0.05, 0) is 38.7 Å². The number of hydrogen-bond acceptors (Lipinski definition) is 5. The summed E-state index contributed by atoms with van der Waals surface area (Å²) >= 11 is 5.80. The van der Waals surface area contributed by atoms with Crippen molar-refractivity contribution < 1.29 is 14.4 Å². The summed E-state index contributed by atoms with van der Waals surface area (Å²) in [4.78, 5) is 18.2. The summed E-state index contributed by atoms with van der Waals surface area (Å²) < 4.78 is 4.96. The number of benzene rings is 1. The highest BCUT2D eigenvalue weighted by molar-refractivity contribution is 6.30. The molecule has 0 aliphatic rings. The number of hydrogen-bond donors (Lipinski definition) is 0. The van der Waals surface area contributed by atoms with Crippen molar-refractivity contribution in [2.24, 2.45) is 5.16 Å².